The van der Waals surface area contributed by atoms with Crippen molar-refractivity contribution in [1.29, 1.82) is 0 Å². The number of nitrogens with two attached hydrogens (primary N) is 1. The van der Waals surface area contributed by atoms with Gasteiger partial charge in [0.1, 0.15) is 0 Å². The van der Waals surface area contributed by atoms with Gasteiger partial charge in [0.15, 0.2) is 0 Å². The minimum absolute atomic E-state index is 0.0201. The number of hydrogen-bond donors (Lipinski definition) is 2. The van der Waals surface area contributed by atoms with Crippen LogP contribution in [-0.4, -0.2) is 36.5 Å². The van der Waals surface area contributed by atoms with Gasteiger partial charge < -0.3 is 11.1 Å². The molecule has 3 N–H and O–H groups in total. The molecule has 0 aliphatic rings. The Bertz CT molecular complexity index is 415. The molecule has 4 nitrogen and oxygen atoms in total. The molecule has 1 aromatic rings. The summed E-state index contributed by atoms with van der Waals surface area (Å²) in [4.78, 5) is 13.9. The predicted octanol–water partition coefficient (Wildman–Crippen LogP) is 1.60. The molecule has 1 rings (SSSR count). The summed E-state index contributed by atoms with van der Waals surface area (Å²) in [7, 11) is 1.91. The van der Waals surface area contributed by atoms with Gasteiger partial charge in [-0.25, -0.2) is 0 Å². The molecule has 0 aliphatic heterocycles. The van der Waals surface area contributed by atoms with E-state index in [1.807, 2.05) is 57.0 Å². The van der Waals surface area contributed by atoms with Gasteiger partial charge in [0.05, 0.1) is 6.54 Å². The Morgan fingerprint density at radius 1 is 1.39 bits per heavy atom. The molecule has 18 heavy (non-hydrogen) atoms. The van der Waals surface area contributed by atoms with Crippen LogP contribution in [0.4, 0.5) is 5.69 Å². The van der Waals surface area contributed by atoms with Crippen LogP contribution in [0.5, 0.6) is 0 Å². The first-order valence-corrected chi connectivity index (χ1v) is 6.13. The molecule has 1 aromatic carbocycles. The summed E-state index contributed by atoms with van der Waals surface area (Å²) in [5.41, 5.74) is 7.43. The highest BCUT2D eigenvalue weighted by Crippen LogP contribution is 2.14. The Morgan fingerprint density at radius 3 is 2.56 bits per heavy atom. The van der Waals surface area contributed by atoms with E-state index in [-0.39, 0.29) is 11.4 Å². The van der Waals surface area contributed by atoms with Crippen molar-refractivity contribution in [2.24, 2.45) is 5.73 Å². The quantitative estimate of drug-likeness (QED) is 0.833. The van der Waals surface area contributed by atoms with Crippen LogP contribution in [0, 0.1) is 6.92 Å². The lowest BCUT2D eigenvalue weighted by atomic mass is 10.0. The van der Waals surface area contributed by atoms with Gasteiger partial charge in [0.2, 0.25) is 5.91 Å². The van der Waals surface area contributed by atoms with Crippen molar-refractivity contribution in [3.8, 4) is 0 Å². The number of aryl methyl sites for hydroxylation is 1. The number of rotatable bonds is 5. The number of nitrogens with zero attached hydrogens (tertiary/aromatic N) is 1. The Balaban J connectivity index is 2.60. The number of carbonyl (C=O) groups excluding carboxylic acids is 1. The van der Waals surface area contributed by atoms with E-state index < -0.39 is 0 Å². The number of hydrogen-bond acceptors (Lipinski definition) is 3. The largest absolute Gasteiger partial charge is 0.329 e. The van der Waals surface area contributed by atoms with Crippen LogP contribution in [0.2, 0.25) is 0 Å². The maximum Gasteiger partial charge on any atom is 0.238 e. The Labute approximate surface area is 109 Å². The van der Waals surface area contributed by atoms with Crippen LogP contribution in [-0.2, 0) is 4.79 Å². The highest BCUT2D eigenvalue weighted by atomic mass is 16.2. The van der Waals surface area contributed by atoms with E-state index in [0.717, 1.165) is 11.3 Å². The molecule has 0 aliphatic carbocycles. The number of benzene rings is 1. The topological polar surface area (TPSA) is 58.4 Å². The maximum atomic E-state index is 11.9. The molecule has 0 unspecified atom stereocenters. The van der Waals surface area contributed by atoms with Crippen molar-refractivity contribution in [3.05, 3.63) is 29.8 Å². The van der Waals surface area contributed by atoms with E-state index in [1.165, 1.54) is 0 Å². The molecule has 0 saturated carbocycles. The second-order valence-electron chi connectivity index (χ2n) is 5.24. The molecule has 0 heterocycles. The van der Waals surface area contributed by atoms with Gasteiger partial charge in [0, 0.05) is 17.8 Å². The molecule has 0 fully saturated rings. The first-order chi connectivity index (χ1) is 8.36. The van der Waals surface area contributed by atoms with E-state index in [4.69, 9.17) is 5.73 Å². The van der Waals surface area contributed by atoms with Crippen LogP contribution < -0.4 is 11.1 Å². The second-order valence-corrected chi connectivity index (χ2v) is 5.24. The van der Waals surface area contributed by atoms with Crippen LogP contribution in [0.1, 0.15) is 19.4 Å². The number of nitrogens with one attached hydrogen (secondary N) is 1. The summed E-state index contributed by atoms with van der Waals surface area (Å²) < 4.78 is 0. The van der Waals surface area contributed by atoms with Crippen molar-refractivity contribution in [2.45, 2.75) is 26.3 Å². The molecule has 1 amide bonds. The summed E-state index contributed by atoms with van der Waals surface area (Å²) >= 11 is 0. The van der Waals surface area contributed by atoms with Crippen molar-refractivity contribution in [2.75, 3.05) is 25.5 Å². The molecular formula is C14H23N3O. The van der Waals surface area contributed by atoms with E-state index in [0.29, 0.717) is 13.1 Å². The van der Waals surface area contributed by atoms with E-state index in [2.05, 4.69) is 5.32 Å². The molecule has 0 atom stereocenters. The van der Waals surface area contributed by atoms with Crippen molar-refractivity contribution in [1.82, 2.24) is 4.90 Å². The monoisotopic (exact) mass is 249 g/mol. The Kier molecular flexibility index (Phi) is 4.87. The zero-order valence-corrected chi connectivity index (χ0v) is 11.7. The average Bonchev–Trinajstić information content (AvgIpc) is 2.32. The minimum atomic E-state index is -0.178. The van der Waals surface area contributed by atoms with Crippen LogP contribution in [0.25, 0.3) is 0 Å². The fourth-order valence-electron chi connectivity index (χ4n) is 1.49. The Hall–Kier alpha value is -1.39. The van der Waals surface area contributed by atoms with Crippen LogP contribution >= 0.6 is 0 Å². The Morgan fingerprint density at radius 2 is 2.00 bits per heavy atom. The summed E-state index contributed by atoms with van der Waals surface area (Å²) in [6.45, 7) is 6.87. The van der Waals surface area contributed by atoms with Gasteiger partial charge in [-0.05, 0) is 39.4 Å². The van der Waals surface area contributed by atoms with Gasteiger partial charge >= 0.3 is 0 Å². The number of para-hydroxylation sites is 1. The smallest absolute Gasteiger partial charge is 0.238 e. The average molecular weight is 249 g/mol. The number of carbonyl (C=O) groups is 1. The van der Waals surface area contributed by atoms with Gasteiger partial charge in [0.25, 0.3) is 0 Å². The fraction of sp³-hybridized carbons (Fsp3) is 0.500. The maximum absolute atomic E-state index is 11.9. The van der Waals surface area contributed by atoms with Gasteiger partial charge in [-0.1, -0.05) is 18.2 Å². The lowest BCUT2D eigenvalue weighted by Crippen LogP contribution is -2.49. The highest BCUT2D eigenvalue weighted by molar-refractivity contribution is 5.92. The number of anilines is 1. The standard InChI is InChI=1S/C14H23N3O/c1-11-7-5-6-8-12(11)16-13(18)9-17(4)14(2,3)10-15/h5-8H,9-10,15H2,1-4H3,(H,16,18). The van der Waals surface area contributed by atoms with E-state index in [9.17, 15) is 4.79 Å². The summed E-state index contributed by atoms with van der Waals surface area (Å²) in [6, 6.07) is 7.75. The summed E-state index contributed by atoms with van der Waals surface area (Å²) in [6.07, 6.45) is 0. The van der Waals surface area contributed by atoms with Gasteiger partial charge in [-0.2, -0.15) is 0 Å². The van der Waals surface area contributed by atoms with Gasteiger partial charge in [-0.3, -0.25) is 9.69 Å². The number of amides is 1. The van der Waals surface area contributed by atoms with Crippen molar-refractivity contribution in [3.63, 3.8) is 0 Å². The lowest BCUT2D eigenvalue weighted by molar-refractivity contribution is -0.118. The SMILES string of the molecule is Cc1ccccc1NC(=O)CN(C)C(C)(C)CN. The number of likely N-dealkylation sites (N-methyl/N-ethyl adjacent to an activating group) is 1. The van der Waals surface area contributed by atoms with Gasteiger partial charge in [-0.15, -0.1) is 0 Å². The summed E-state index contributed by atoms with van der Waals surface area (Å²) in [5, 5.41) is 2.92. The van der Waals surface area contributed by atoms with Crippen molar-refractivity contribution < 1.29 is 4.79 Å². The molecule has 0 spiro atoms. The molecule has 0 bridgehead atoms. The second kappa shape index (κ2) is 5.98. The first-order valence-electron chi connectivity index (χ1n) is 6.13. The predicted molar refractivity (Wildman–Crippen MR) is 75.6 cm³/mol. The molecule has 0 aromatic heterocycles. The van der Waals surface area contributed by atoms with E-state index >= 15 is 0 Å². The molecule has 0 radical (unpaired) electrons. The third-order valence-electron chi connectivity index (χ3n) is 3.33. The van der Waals surface area contributed by atoms with Crippen molar-refractivity contribution >= 4 is 11.6 Å². The van der Waals surface area contributed by atoms with Crippen LogP contribution in [0.15, 0.2) is 24.3 Å². The third-order valence-corrected chi connectivity index (χ3v) is 3.33. The summed E-state index contributed by atoms with van der Waals surface area (Å²) in [5.74, 6) is -0.0201. The fourth-order valence-corrected chi connectivity index (χ4v) is 1.49. The van der Waals surface area contributed by atoms with E-state index in [1.54, 1.807) is 0 Å². The highest BCUT2D eigenvalue weighted by Gasteiger charge is 2.23. The first kappa shape index (κ1) is 14.7. The zero-order chi connectivity index (χ0) is 13.8. The third kappa shape index (κ3) is 3.82. The molecule has 100 valence electrons. The molecular weight excluding hydrogens is 226 g/mol. The normalized spacial score (nSPS) is 11.7. The lowest BCUT2D eigenvalue weighted by Gasteiger charge is -2.33. The van der Waals surface area contributed by atoms with Crippen LogP contribution in [0.3, 0.4) is 0 Å². The minimum Gasteiger partial charge on any atom is -0.329 e. The molecule has 4 heteroatoms. The zero-order valence-electron chi connectivity index (χ0n) is 11.7. The molecule has 0 saturated heterocycles.